The van der Waals surface area contributed by atoms with Crippen LogP contribution in [0.4, 0.5) is 5.69 Å². The number of carbonyl (C=O) groups is 2. The van der Waals surface area contributed by atoms with Gasteiger partial charge in [0.25, 0.3) is 0 Å². The molecule has 6 heteroatoms. The topological polar surface area (TPSA) is 62.6 Å². The van der Waals surface area contributed by atoms with Crippen molar-refractivity contribution in [3.63, 3.8) is 0 Å². The standard InChI is InChI=1S/C22H21BrN2O3/c1-15(26)24-19-9-3-16(4-10-19)13-22(27)25(2)14-20-11-12-21(28-20)17-5-7-18(23)8-6-17/h3-12H,13-14H2,1-2H3,(H,24,26). The van der Waals surface area contributed by atoms with E-state index in [0.717, 1.165) is 27.1 Å². The normalized spacial score (nSPS) is 10.5. The van der Waals surface area contributed by atoms with Gasteiger partial charge in [0.2, 0.25) is 11.8 Å². The van der Waals surface area contributed by atoms with E-state index in [1.807, 2.05) is 48.5 Å². The first-order valence-electron chi connectivity index (χ1n) is 8.86. The van der Waals surface area contributed by atoms with Crippen LogP contribution in [-0.4, -0.2) is 23.8 Å². The van der Waals surface area contributed by atoms with E-state index in [1.54, 1.807) is 24.1 Å². The Balaban J connectivity index is 1.58. The van der Waals surface area contributed by atoms with E-state index in [2.05, 4.69) is 21.2 Å². The minimum Gasteiger partial charge on any atom is -0.459 e. The van der Waals surface area contributed by atoms with Gasteiger partial charge in [-0.15, -0.1) is 0 Å². The molecule has 2 aromatic carbocycles. The fourth-order valence-electron chi connectivity index (χ4n) is 2.77. The van der Waals surface area contributed by atoms with Crippen molar-refractivity contribution in [2.45, 2.75) is 19.9 Å². The maximum absolute atomic E-state index is 12.5. The molecule has 3 aromatic rings. The number of furan rings is 1. The number of nitrogens with zero attached hydrogens (tertiary/aromatic N) is 1. The highest BCUT2D eigenvalue weighted by atomic mass is 79.9. The summed E-state index contributed by atoms with van der Waals surface area (Å²) < 4.78 is 6.90. The number of nitrogens with one attached hydrogen (secondary N) is 1. The van der Waals surface area contributed by atoms with Crippen LogP contribution in [0.1, 0.15) is 18.2 Å². The van der Waals surface area contributed by atoms with Crippen molar-refractivity contribution in [2.24, 2.45) is 0 Å². The molecule has 0 saturated heterocycles. The lowest BCUT2D eigenvalue weighted by atomic mass is 10.1. The minimum absolute atomic E-state index is 0.00568. The van der Waals surface area contributed by atoms with E-state index in [0.29, 0.717) is 12.2 Å². The summed E-state index contributed by atoms with van der Waals surface area (Å²) in [6.07, 6.45) is 0.289. The molecule has 0 aliphatic heterocycles. The molecule has 0 aliphatic carbocycles. The SMILES string of the molecule is CC(=O)Nc1ccc(CC(=O)N(C)Cc2ccc(-c3ccc(Br)cc3)o2)cc1. The van der Waals surface area contributed by atoms with Gasteiger partial charge < -0.3 is 14.6 Å². The van der Waals surface area contributed by atoms with Crippen LogP contribution < -0.4 is 5.32 Å². The summed E-state index contributed by atoms with van der Waals surface area (Å²) in [5.41, 5.74) is 2.59. The van der Waals surface area contributed by atoms with Gasteiger partial charge in [0.15, 0.2) is 0 Å². The number of hydrogen-bond acceptors (Lipinski definition) is 3. The van der Waals surface area contributed by atoms with Crippen molar-refractivity contribution < 1.29 is 14.0 Å². The average molecular weight is 441 g/mol. The van der Waals surface area contributed by atoms with Gasteiger partial charge in [-0.3, -0.25) is 9.59 Å². The first-order valence-corrected chi connectivity index (χ1v) is 9.65. The zero-order chi connectivity index (χ0) is 20.1. The monoisotopic (exact) mass is 440 g/mol. The Bertz CT molecular complexity index is 962. The molecule has 0 radical (unpaired) electrons. The number of amides is 2. The highest BCUT2D eigenvalue weighted by Crippen LogP contribution is 2.24. The number of likely N-dealkylation sites (N-methyl/N-ethyl adjacent to an activating group) is 1. The van der Waals surface area contributed by atoms with Gasteiger partial charge in [0.1, 0.15) is 11.5 Å². The summed E-state index contributed by atoms with van der Waals surface area (Å²) >= 11 is 3.42. The number of benzene rings is 2. The highest BCUT2D eigenvalue weighted by molar-refractivity contribution is 9.10. The molecule has 0 spiro atoms. The van der Waals surface area contributed by atoms with Crippen LogP contribution in [0.3, 0.4) is 0 Å². The van der Waals surface area contributed by atoms with E-state index >= 15 is 0 Å². The number of rotatable bonds is 6. The van der Waals surface area contributed by atoms with Crippen LogP contribution in [0.5, 0.6) is 0 Å². The fourth-order valence-corrected chi connectivity index (χ4v) is 3.04. The second-order valence-corrected chi connectivity index (χ2v) is 7.49. The third kappa shape index (κ3) is 5.33. The molecule has 3 rings (SSSR count). The van der Waals surface area contributed by atoms with Crippen molar-refractivity contribution in [3.8, 4) is 11.3 Å². The molecule has 1 aromatic heterocycles. The molecule has 28 heavy (non-hydrogen) atoms. The van der Waals surface area contributed by atoms with Crippen molar-refractivity contribution in [1.82, 2.24) is 4.90 Å². The van der Waals surface area contributed by atoms with E-state index < -0.39 is 0 Å². The lowest BCUT2D eigenvalue weighted by Crippen LogP contribution is -2.27. The molecule has 0 saturated carbocycles. The molecule has 5 nitrogen and oxygen atoms in total. The molecule has 0 aliphatic rings. The van der Waals surface area contributed by atoms with Crippen LogP contribution in [0, 0.1) is 0 Å². The van der Waals surface area contributed by atoms with Gasteiger partial charge in [-0.25, -0.2) is 0 Å². The van der Waals surface area contributed by atoms with Gasteiger partial charge in [0, 0.05) is 29.7 Å². The molecule has 0 unspecified atom stereocenters. The number of hydrogen-bond donors (Lipinski definition) is 1. The van der Waals surface area contributed by atoms with Gasteiger partial charge in [-0.1, -0.05) is 40.2 Å². The second-order valence-electron chi connectivity index (χ2n) is 6.58. The van der Waals surface area contributed by atoms with E-state index in [4.69, 9.17) is 4.42 Å². The summed E-state index contributed by atoms with van der Waals surface area (Å²) in [6.45, 7) is 1.86. The molecule has 144 valence electrons. The van der Waals surface area contributed by atoms with Crippen molar-refractivity contribution in [3.05, 3.63) is 76.5 Å². The maximum atomic E-state index is 12.5. The molecule has 0 atom stereocenters. The third-order valence-corrected chi connectivity index (χ3v) is 4.77. The molecule has 2 amide bonds. The quantitative estimate of drug-likeness (QED) is 0.594. The Labute approximate surface area is 172 Å². The Morgan fingerprint density at radius 1 is 1.00 bits per heavy atom. The second kappa shape index (κ2) is 8.89. The lowest BCUT2D eigenvalue weighted by Gasteiger charge is -2.16. The summed E-state index contributed by atoms with van der Waals surface area (Å²) in [7, 11) is 1.76. The average Bonchev–Trinajstić information content (AvgIpc) is 3.12. The van der Waals surface area contributed by atoms with Gasteiger partial charge in [-0.05, 0) is 42.0 Å². The van der Waals surface area contributed by atoms with E-state index in [9.17, 15) is 9.59 Å². The first-order chi connectivity index (χ1) is 13.4. The van der Waals surface area contributed by atoms with Crippen LogP contribution in [-0.2, 0) is 22.6 Å². The molecular formula is C22H21BrN2O3. The third-order valence-electron chi connectivity index (χ3n) is 4.24. The smallest absolute Gasteiger partial charge is 0.227 e. The predicted octanol–water partition coefficient (Wildman–Crippen LogP) is 4.87. The zero-order valence-corrected chi connectivity index (χ0v) is 17.3. The Morgan fingerprint density at radius 3 is 2.32 bits per heavy atom. The van der Waals surface area contributed by atoms with Gasteiger partial charge >= 0.3 is 0 Å². The largest absolute Gasteiger partial charge is 0.459 e. The molecule has 1 N–H and O–H groups in total. The van der Waals surface area contributed by atoms with E-state index in [1.165, 1.54) is 6.92 Å². The predicted molar refractivity (Wildman–Crippen MR) is 113 cm³/mol. The zero-order valence-electron chi connectivity index (χ0n) is 15.7. The van der Waals surface area contributed by atoms with Crippen molar-refractivity contribution in [1.29, 1.82) is 0 Å². The van der Waals surface area contributed by atoms with Crippen LogP contribution in [0.15, 0.2) is 69.6 Å². The minimum atomic E-state index is -0.121. The summed E-state index contributed by atoms with van der Waals surface area (Å²) in [4.78, 5) is 25.2. The van der Waals surface area contributed by atoms with E-state index in [-0.39, 0.29) is 18.2 Å². The first kappa shape index (κ1) is 19.9. The van der Waals surface area contributed by atoms with Crippen molar-refractivity contribution in [2.75, 3.05) is 12.4 Å². The molecular weight excluding hydrogens is 420 g/mol. The summed E-state index contributed by atoms with van der Waals surface area (Å²) in [5, 5.41) is 2.71. The van der Waals surface area contributed by atoms with Crippen LogP contribution >= 0.6 is 15.9 Å². The van der Waals surface area contributed by atoms with Gasteiger partial charge in [0.05, 0.1) is 13.0 Å². The summed E-state index contributed by atoms with van der Waals surface area (Å²) in [5.74, 6) is 1.38. The molecule has 0 fully saturated rings. The number of carbonyl (C=O) groups excluding carboxylic acids is 2. The highest BCUT2D eigenvalue weighted by Gasteiger charge is 2.13. The molecule has 1 heterocycles. The number of anilines is 1. The van der Waals surface area contributed by atoms with Crippen molar-refractivity contribution >= 4 is 33.4 Å². The van der Waals surface area contributed by atoms with Gasteiger partial charge in [-0.2, -0.15) is 0 Å². The number of halogens is 1. The molecule has 0 bridgehead atoms. The van der Waals surface area contributed by atoms with Crippen LogP contribution in [0.25, 0.3) is 11.3 Å². The Kier molecular flexibility index (Phi) is 6.31. The lowest BCUT2D eigenvalue weighted by molar-refractivity contribution is -0.129. The Hall–Kier alpha value is -2.86. The summed E-state index contributed by atoms with van der Waals surface area (Å²) in [6, 6.07) is 19.0. The fraction of sp³-hybridized carbons (Fsp3) is 0.182. The Morgan fingerprint density at radius 2 is 1.68 bits per heavy atom. The maximum Gasteiger partial charge on any atom is 0.227 e. The van der Waals surface area contributed by atoms with Crippen LogP contribution in [0.2, 0.25) is 0 Å².